The fraction of sp³-hybridized carbons (Fsp3) is 0.273. The first kappa shape index (κ1) is 9.64. The largest absolute Gasteiger partial charge is 0.0655 e. The average Bonchev–Trinajstić information content (AvgIpc) is 2.30. The summed E-state index contributed by atoms with van der Waals surface area (Å²) >= 11 is 0. The van der Waals surface area contributed by atoms with Crippen molar-refractivity contribution in [2.45, 2.75) is 19.8 Å². The molecule has 0 saturated heterocycles. The smallest absolute Gasteiger partial charge is 0.00263 e. The molecule has 1 aliphatic carbocycles. The van der Waals surface area contributed by atoms with E-state index in [0.717, 1.165) is 0 Å². The van der Waals surface area contributed by atoms with E-state index < -0.39 is 0 Å². The van der Waals surface area contributed by atoms with Crippen molar-refractivity contribution in [1.29, 1.82) is 0 Å². The van der Waals surface area contributed by atoms with Gasteiger partial charge in [0.15, 0.2) is 0 Å². The molecule has 1 unspecified atom stereocenters. The van der Waals surface area contributed by atoms with Crippen LogP contribution in [-0.2, 0) is 0 Å². The van der Waals surface area contributed by atoms with Gasteiger partial charge in [0.2, 0.25) is 0 Å². The number of fused-ring (bicyclic) bond motifs is 1. The van der Waals surface area contributed by atoms with Crippen molar-refractivity contribution in [3.05, 3.63) is 41.0 Å². The molecule has 1 aromatic rings. The summed E-state index contributed by atoms with van der Waals surface area (Å²) in [4.78, 5) is 0. The first-order chi connectivity index (χ1) is 5.29. The molecule has 1 radical (unpaired) electrons. The quantitative estimate of drug-likeness (QED) is 0.500. The predicted octanol–water partition coefficient (Wildman–Crippen LogP) is 2.83. The second-order valence-corrected chi connectivity index (χ2v) is 3.24. The Morgan fingerprint density at radius 1 is 1.17 bits per heavy atom. The monoisotopic (exact) mass is 151 g/mol. The minimum Gasteiger partial charge on any atom is -0.0655 e. The molecule has 0 bridgehead atoms. The van der Waals surface area contributed by atoms with Crippen LogP contribution in [0.4, 0.5) is 0 Å². The number of hydrogen-bond acceptors (Lipinski definition) is 0. The zero-order valence-corrected chi connectivity index (χ0v) is 7.96. The van der Waals surface area contributed by atoms with E-state index >= 15 is 0 Å². The van der Waals surface area contributed by atoms with Gasteiger partial charge in [0.25, 0.3) is 0 Å². The van der Waals surface area contributed by atoms with E-state index in [0.29, 0.717) is 5.92 Å². The van der Waals surface area contributed by atoms with Crippen molar-refractivity contribution in [3.8, 4) is 0 Å². The molecule has 0 aliphatic heterocycles. The Kier molecular flexibility index (Phi) is 2.83. The molecule has 0 nitrogen and oxygen atoms in total. The Hall–Kier alpha value is -0.443. The summed E-state index contributed by atoms with van der Waals surface area (Å²) in [6.07, 6.45) is 2.28. The summed E-state index contributed by atoms with van der Waals surface area (Å²) in [7, 11) is 0. The van der Waals surface area contributed by atoms with Crippen LogP contribution in [-0.4, -0.2) is 18.9 Å². The van der Waals surface area contributed by atoms with Crippen LogP contribution in [0.2, 0.25) is 0 Å². The van der Waals surface area contributed by atoms with Gasteiger partial charge in [-0.3, -0.25) is 0 Å². The van der Waals surface area contributed by atoms with Gasteiger partial charge in [0.05, 0.1) is 0 Å². The minimum absolute atomic E-state index is 0. The van der Waals surface area contributed by atoms with Gasteiger partial charge in [0.1, 0.15) is 0 Å². The second kappa shape index (κ2) is 3.52. The van der Waals surface area contributed by atoms with Crippen LogP contribution in [0.5, 0.6) is 0 Å². The van der Waals surface area contributed by atoms with Crippen molar-refractivity contribution in [1.82, 2.24) is 0 Å². The molecule has 0 aromatic heterocycles. The SMILES string of the molecule is CC1=Cc2ccccc2C1C.[Li]. The summed E-state index contributed by atoms with van der Waals surface area (Å²) < 4.78 is 0. The van der Waals surface area contributed by atoms with Crippen LogP contribution in [0, 0.1) is 0 Å². The average molecular weight is 151 g/mol. The predicted molar refractivity (Wildman–Crippen MR) is 54.3 cm³/mol. The molecule has 1 aliphatic rings. The number of benzene rings is 1. The maximum absolute atomic E-state index is 2.28. The van der Waals surface area contributed by atoms with E-state index in [2.05, 4.69) is 44.2 Å². The summed E-state index contributed by atoms with van der Waals surface area (Å²) in [6, 6.07) is 8.61. The molecule has 1 atom stereocenters. The zero-order chi connectivity index (χ0) is 7.84. The van der Waals surface area contributed by atoms with E-state index in [4.69, 9.17) is 0 Å². The molecule has 57 valence electrons. The molecule has 2 rings (SSSR count). The van der Waals surface area contributed by atoms with Gasteiger partial charge in [0, 0.05) is 24.8 Å². The Labute approximate surface area is 85.9 Å². The molecular weight excluding hydrogens is 139 g/mol. The Bertz CT molecular complexity index is 313. The first-order valence-corrected chi connectivity index (χ1v) is 4.06. The van der Waals surface area contributed by atoms with Crippen molar-refractivity contribution < 1.29 is 0 Å². The Morgan fingerprint density at radius 3 is 2.50 bits per heavy atom. The maximum Gasteiger partial charge on any atom is 0.00263 e. The molecule has 0 saturated carbocycles. The zero-order valence-electron chi connectivity index (χ0n) is 7.96. The third-order valence-corrected chi connectivity index (χ3v) is 2.53. The molecular formula is C11H12Li. The normalized spacial score (nSPS) is 19.5. The second-order valence-electron chi connectivity index (χ2n) is 3.24. The molecule has 1 aromatic carbocycles. The van der Waals surface area contributed by atoms with Gasteiger partial charge in [-0.05, 0) is 18.1 Å². The Balaban J connectivity index is 0.000000720. The summed E-state index contributed by atoms with van der Waals surface area (Å²) in [5.41, 5.74) is 4.36. The molecule has 12 heavy (non-hydrogen) atoms. The molecule has 0 N–H and O–H groups in total. The van der Waals surface area contributed by atoms with E-state index in [1.54, 1.807) is 0 Å². The summed E-state index contributed by atoms with van der Waals surface area (Å²) in [6.45, 7) is 4.46. The third kappa shape index (κ3) is 1.38. The first-order valence-electron chi connectivity index (χ1n) is 4.06. The Morgan fingerprint density at radius 2 is 1.83 bits per heavy atom. The van der Waals surface area contributed by atoms with Gasteiger partial charge in [-0.15, -0.1) is 0 Å². The van der Waals surface area contributed by atoms with E-state index in [1.165, 1.54) is 16.7 Å². The third-order valence-electron chi connectivity index (χ3n) is 2.53. The maximum atomic E-state index is 2.28. The molecule has 0 amide bonds. The van der Waals surface area contributed by atoms with Crippen molar-refractivity contribution in [2.24, 2.45) is 0 Å². The van der Waals surface area contributed by atoms with Gasteiger partial charge in [-0.25, -0.2) is 0 Å². The van der Waals surface area contributed by atoms with Crippen LogP contribution in [0.3, 0.4) is 0 Å². The summed E-state index contributed by atoms with van der Waals surface area (Å²) in [5, 5.41) is 0. The van der Waals surface area contributed by atoms with Gasteiger partial charge >= 0.3 is 0 Å². The number of rotatable bonds is 0. The van der Waals surface area contributed by atoms with Crippen molar-refractivity contribution in [2.75, 3.05) is 0 Å². The number of allylic oxidation sites excluding steroid dienone is 1. The molecule has 0 fully saturated rings. The van der Waals surface area contributed by atoms with E-state index in [9.17, 15) is 0 Å². The van der Waals surface area contributed by atoms with Crippen LogP contribution >= 0.6 is 0 Å². The molecule has 0 heterocycles. The standard InChI is InChI=1S/C11H12.Li/c1-8-7-10-5-3-4-6-11(10)9(8)2;/h3-7,9H,1-2H3;. The summed E-state index contributed by atoms with van der Waals surface area (Å²) in [5.74, 6) is 0.631. The number of hydrogen-bond donors (Lipinski definition) is 0. The fourth-order valence-electron chi connectivity index (χ4n) is 1.65. The van der Waals surface area contributed by atoms with Gasteiger partial charge in [-0.2, -0.15) is 0 Å². The molecule has 1 heteroatoms. The van der Waals surface area contributed by atoms with E-state index in [-0.39, 0.29) is 18.9 Å². The van der Waals surface area contributed by atoms with E-state index in [1.807, 2.05) is 0 Å². The van der Waals surface area contributed by atoms with Crippen LogP contribution in [0.25, 0.3) is 6.08 Å². The van der Waals surface area contributed by atoms with Gasteiger partial charge < -0.3 is 0 Å². The van der Waals surface area contributed by atoms with Crippen LogP contribution in [0.1, 0.15) is 30.9 Å². The van der Waals surface area contributed by atoms with Gasteiger partial charge in [-0.1, -0.05) is 42.8 Å². The van der Waals surface area contributed by atoms with Crippen molar-refractivity contribution >= 4 is 24.9 Å². The molecule has 0 spiro atoms. The van der Waals surface area contributed by atoms with Crippen LogP contribution < -0.4 is 0 Å². The minimum atomic E-state index is 0. The topological polar surface area (TPSA) is 0 Å². The fourth-order valence-corrected chi connectivity index (χ4v) is 1.65. The van der Waals surface area contributed by atoms with Crippen LogP contribution in [0.15, 0.2) is 29.8 Å². The van der Waals surface area contributed by atoms with Crippen molar-refractivity contribution in [3.63, 3.8) is 0 Å².